The highest BCUT2D eigenvalue weighted by molar-refractivity contribution is 14.0. The van der Waals surface area contributed by atoms with Crippen molar-refractivity contribution in [2.24, 2.45) is 4.99 Å². The molecule has 1 aromatic heterocycles. The summed E-state index contributed by atoms with van der Waals surface area (Å²) >= 11 is 0. The average Bonchev–Trinajstić information content (AvgIpc) is 2.70. The fraction of sp³-hybridized carbons (Fsp3) is 0.455. The molecule has 0 atom stereocenters. The van der Waals surface area contributed by atoms with Crippen molar-refractivity contribution in [1.29, 1.82) is 0 Å². The molecule has 0 aliphatic rings. The van der Waals surface area contributed by atoms with E-state index in [1.54, 1.807) is 7.05 Å². The first-order chi connectivity index (χ1) is 13.6. The highest BCUT2D eigenvalue weighted by Crippen LogP contribution is 2.20. The Morgan fingerprint density at radius 1 is 1.10 bits per heavy atom. The minimum absolute atomic E-state index is 0. The molecule has 0 aliphatic heterocycles. The predicted molar refractivity (Wildman–Crippen MR) is 129 cm³/mol. The normalized spacial score (nSPS) is 11.0. The van der Waals surface area contributed by atoms with Crippen LogP contribution in [0.5, 0.6) is 5.75 Å². The monoisotopic (exact) mass is 512 g/mol. The van der Waals surface area contributed by atoms with E-state index >= 15 is 0 Å². The zero-order valence-electron chi connectivity index (χ0n) is 17.8. The number of nitrogens with zero attached hydrogens (tertiary/aromatic N) is 2. The third-order valence-electron chi connectivity index (χ3n) is 4.41. The van der Waals surface area contributed by atoms with Gasteiger partial charge in [-0.05, 0) is 56.0 Å². The smallest absolute Gasteiger partial charge is 0.191 e. The molecule has 0 saturated carbocycles. The zero-order chi connectivity index (χ0) is 20.2. The van der Waals surface area contributed by atoms with Gasteiger partial charge in [0.1, 0.15) is 12.4 Å². The molecule has 6 nitrogen and oxygen atoms in total. The first-order valence-electron chi connectivity index (χ1n) is 9.78. The number of aryl methyl sites for hydroxylation is 2. The molecular weight excluding hydrogens is 479 g/mol. The maximum Gasteiger partial charge on any atom is 0.191 e. The van der Waals surface area contributed by atoms with Crippen LogP contribution in [-0.2, 0) is 17.7 Å². The summed E-state index contributed by atoms with van der Waals surface area (Å²) in [6, 6.07) is 8.30. The summed E-state index contributed by atoms with van der Waals surface area (Å²) in [7, 11) is 1.78. The number of hydrogen-bond acceptors (Lipinski definition) is 4. The van der Waals surface area contributed by atoms with E-state index in [4.69, 9.17) is 9.47 Å². The molecule has 0 radical (unpaired) electrons. The van der Waals surface area contributed by atoms with Crippen molar-refractivity contribution in [1.82, 2.24) is 15.6 Å². The fourth-order valence-corrected chi connectivity index (χ4v) is 2.79. The van der Waals surface area contributed by atoms with Crippen molar-refractivity contribution < 1.29 is 9.47 Å². The van der Waals surface area contributed by atoms with Crippen LogP contribution in [0, 0.1) is 13.8 Å². The summed E-state index contributed by atoms with van der Waals surface area (Å²) in [4.78, 5) is 8.45. The Kier molecular flexibility index (Phi) is 12.3. The van der Waals surface area contributed by atoms with Crippen LogP contribution in [0.3, 0.4) is 0 Å². The largest absolute Gasteiger partial charge is 0.491 e. The van der Waals surface area contributed by atoms with Crippen LogP contribution in [0.2, 0.25) is 0 Å². The van der Waals surface area contributed by atoms with Gasteiger partial charge in [-0.1, -0.05) is 12.1 Å². The Bertz CT molecular complexity index is 768. The lowest BCUT2D eigenvalue weighted by atomic mass is 10.1. The number of benzene rings is 1. The average molecular weight is 512 g/mol. The van der Waals surface area contributed by atoms with Gasteiger partial charge in [-0.25, -0.2) is 0 Å². The van der Waals surface area contributed by atoms with Crippen LogP contribution in [0.4, 0.5) is 0 Å². The van der Waals surface area contributed by atoms with Crippen LogP contribution in [-0.4, -0.2) is 44.4 Å². The van der Waals surface area contributed by atoms with Crippen LogP contribution in [0.25, 0.3) is 0 Å². The summed E-state index contributed by atoms with van der Waals surface area (Å²) in [5, 5.41) is 6.73. The lowest BCUT2D eigenvalue weighted by Crippen LogP contribution is -2.38. The Hall–Kier alpha value is -1.87. The van der Waals surface area contributed by atoms with Gasteiger partial charge < -0.3 is 20.1 Å². The zero-order valence-corrected chi connectivity index (χ0v) is 20.2. The molecule has 1 aromatic carbocycles. The van der Waals surface area contributed by atoms with Crippen LogP contribution in [0.15, 0.2) is 41.7 Å². The van der Waals surface area contributed by atoms with E-state index in [2.05, 4.69) is 58.7 Å². The van der Waals surface area contributed by atoms with Gasteiger partial charge in [-0.2, -0.15) is 0 Å². The topological polar surface area (TPSA) is 67.8 Å². The molecule has 2 N–H and O–H groups in total. The highest BCUT2D eigenvalue weighted by Gasteiger charge is 2.06. The third-order valence-corrected chi connectivity index (χ3v) is 4.41. The molecule has 0 spiro atoms. The van der Waals surface area contributed by atoms with Gasteiger partial charge in [0, 0.05) is 44.7 Å². The number of ether oxygens (including phenoxy) is 2. The summed E-state index contributed by atoms with van der Waals surface area (Å²) < 4.78 is 11.3. The summed E-state index contributed by atoms with van der Waals surface area (Å²) in [5.41, 5.74) is 4.77. The Balaban J connectivity index is 0.00000420. The Morgan fingerprint density at radius 2 is 1.93 bits per heavy atom. The van der Waals surface area contributed by atoms with Gasteiger partial charge in [0.2, 0.25) is 0 Å². The number of halogens is 1. The number of guanidine groups is 1. The number of aliphatic imine (C=N–C) groups is 1. The molecule has 0 fully saturated rings. The second kappa shape index (κ2) is 14.2. The van der Waals surface area contributed by atoms with Crippen molar-refractivity contribution in [2.75, 3.05) is 33.4 Å². The van der Waals surface area contributed by atoms with Gasteiger partial charge in [-0.3, -0.25) is 9.98 Å². The maximum atomic E-state index is 5.91. The molecule has 2 aromatic rings. The second-order valence-corrected chi connectivity index (χ2v) is 6.56. The van der Waals surface area contributed by atoms with Crippen molar-refractivity contribution >= 4 is 29.9 Å². The number of aromatic nitrogens is 1. The van der Waals surface area contributed by atoms with Crippen LogP contribution >= 0.6 is 24.0 Å². The van der Waals surface area contributed by atoms with E-state index in [9.17, 15) is 0 Å². The first kappa shape index (κ1) is 25.2. The minimum Gasteiger partial charge on any atom is -0.491 e. The van der Waals surface area contributed by atoms with Crippen molar-refractivity contribution in [3.05, 3.63) is 58.9 Å². The molecular formula is C22H33IN4O2. The van der Waals surface area contributed by atoms with Gasteiger partial charge in [0.05, 0.1) is 6.61 Å². The van der Waals surface area contributed by atoms with Crippen LogP contribution in [0.1, 0.15) is 29.2 Å². The highest BCUT2D eigenvalue weighted by atomic mass is 127. The molecule has 0 unspecified atom stereocenters. The molecule has 29 heavy (non-hydrogen) atoms. The summed E-state index contributed by atoms with van der Waals surface area (Å²) in [6.07, 6.45) is 4.65. The lowest BCUT2D eigenvalue weighted by Gasteiger charge is -2.16. The molecule has 7 heteroatoms. The molecule has 0 saturated heterocycles. The van der Waals surface area contributed by atoms with Crippen molar-refractivity contribution in [3.63, 3.8) is 0 Å². The second-order valence-electron chi connectivity index (χ2n) is 6.56. The van der Waals surface area contributed by atoms with Crippen LogP contribution < -0.4 is 15.4 Å². The quantitative estimate of drug-likeness (QED) is 0.220. The first-order valence-corrected chi connectivity index (χ1v) is 9.78. The fourth-order valence-electron chi connectivity index (χ4n) is 2.79. The molecule has 0 bridgehead atoms. The summed E-state index contributed by atoms with van der Waals surface area (Å²) in [5.74, 6) is 1.66. The number of pyridine rings is 1. The Labute approximate surface area is 191 Å². The van der Waals surface area contributed by atoms with E-state index in [0.717, 1.165) is 30.2 Å². The van der Waals surface area contributed by atoms with Crippen molar-refractivity contribution in [2.45, 2.75) is 33.7 Å². The van der Waals surface area contributed by atoms with Gasteiger partial charge in [-0.15, -0.1) is 24.0 Å². The Morgan fingerprint density at radius 3 is 2.66 bits per heavy atom. The van der Waals surface area contributed by atoms with E-state index in [0.29, 0.717) is 26.4 Å². The molecule has 0 aliphatic carbocycles. The van der Waals surface area contributed by atoms with E-state index < -0.39 is 0 Å². The SMILES string of the molecule is CCOCCOc1cc(C)ccc1CNC(=NC)NCCc1ccncc1C.I. The van der Waals surface area contributed by atoms with Gasteiger partial charge >= 0.3 is 0 Å². The number of nitrogens with one attached hydrogen (secondary N) is 2. The predicted octanol–water partition coefficient (Wildman–Crippen LogP) is 3.64. The van der Waals surface area contributed by atoms with Crippen molar-refractivity contribution in [3.8, 4) is 5.75 Å². The summed E-state index contributed by atoms with van der Waals surface area (Å²) in [6.45, 7) is 9.41. The maximum absolute atomic E-state index is 5.91. The number of hydrogen-bond donors (Lipinski definition) is 2. The third kappa shape index (κ3) is 8.99. The van der Waals surface area contributed by atoms with Gasteiger partial charge in [0.25, 0.3) is 0 Å². The molecule has 1 heterocycles. The molecule has 2 rings (SSSR count). The standard InChI is InChI=1S/C22H32N4O2.HI/c1-5-27-12-13-28-21-14-17(2)6-7-20(21)16-26-22(23-4)25-11-9-19-8-10-24-15-18(19)3;/h6-8,10,14-15H,5,9,11-13,16H2,1-4H3,(H2,23,25,26);1H. The van der Waals surface area contributed by atoms with Gasteiger partial charge in [0.15, 0.2) is 5.96 Å². The van der Waals surface area contributed by atoms with E-state index in [1.165, 1.54) is 16.7 Å². The minimum atomic E-state index is 0. The molecule has 160 valence electrons. The van der Waals surface area contributed by atoms with E-state index in [-0.39, 0.29) is 24.0 Å². The van der Waals surface area contributed by atoms with E-state index in [1.807, 2.05) is 19.3 Å². The molecule has 0 amide bonds. The lowest BCUT2D eigenvalue weighted by molar-refractivity contribution is 0.110. The number of rotatable bonds is 10.